The van der Waals surface area contributed by atoms with E-state index in [1.807, 2.05) is 0 Å². The zero-order chi connectivity index (χ0) is 19.0. The lowest BCUT2D eigenvalue weighted by atomic mass is 10.2. The molecule has 0 bridgehead atoms. The molecule has 0 aromatic carbocycles. The van der Waals surface area contributed by atoms with Crippen molar-refractivity contribution in [1.82, 2.24) is 19.7 Å². The Bertz CT molecular complexity index is 830. The van der Waals surface area contributed by atoms with E-state index in [0.717, 1.165) is 0 Å². The molecule has 2 aromatic heterocycles. The predicted molar refractivity (Wildman–Crippen MR) is 92.1 cm³/mol. The highest BCUT2D eigenvalue weighted by Crippen LogP contribution is 2.27. The van der Waals surface area contributed by atoms with E-state index in [9.17, 15) is 14.0 Å². The minimum absolute atomic E-state index is 0.101. The molecule has 1 aliphatic rings. The molecule has 0 unspecified atom stereocenters. The maximum absolute atomic E-state index is 14.0. The van der Waals surface area contributed by atoms with Gasteiger partial charge in [-0.2, -0.15) is 0 Å². The van der Waals surface area contributed by atoms with Gasteiger partial charge in [0, 0.05) is 45.7 Å². The number of Topliss-reactive ketones (excluding diaryl/α,β-unsaturated/α-hetero) is 1. The zero-order valence-electron chi connectivity index (χ0n) is 15.3. The van der Waals surface area contributed by atoms with Gasteiger partial charge >= 0.3 is 6.01 Å². The summed E-state index contributed by atoms with van der Waals surface area (Å²) in [5.74, 6) is 0.0753. The molecule has 1 amide bonds. The third kappa shape index (κ3) is 3.47. The van der Waals surface area contributed by atoms with E-state index in [0.29, 0.717) is 23.7 Å². The summed E-state index contributed by atoms with van der Waals surface area (Å²) in [6, 6.07) is 1.59. The lowest BCUT2D eigenvalue weighted by Crippen LogP contribution is -2.41. The van der Waals surface area contributed by atoms with Gasteiger partial charge in [-0.15, -0.1) is 5.10 Å². The highest BCUT2D eigenvalue weighted by Gasteiger charge is 2.36. The van der Waals surface area contributed by atoms with E-state index in [4.69, 9.17) is 4.42 Å². The Morgan fingerprint density at radius 1 is 1.42 bits per heavy atom. The number of carbonyl (C=O) groups excluding carboxylic acids is 2. The SMILES string of the molecule is CC(=O)c1cc(C(=O)N(C)C[C@@H]2C[C@H](F)CN2c2nnc(C)o2)n(C)c1. The van der Waals surface area contributed by atoms with Crippen LogP contribution in [0.3, 0.4) is 0 Å². The molecular weight excluding hydrogens is 341 g/mol. The summed E-state index contributed by atoms with van der Waals surface area (Å²) >= 11 is 0. The van der Waals surface area contributed by atoms with Gasteiger partial charge in [0.1, 0.15) is 11.9 Å². The summed E-state index contributed by atoms with van der Waals surface area (Å²) in [7, 11) is 3.37. The van der Waals surface area contributed by atoms with Crippen LogP contribution in [0, 0.1) is 6.92 Å². The Balaban J connectivity index is 1.74. The molecule has 2 atom stereocenters. The number of hydrogen-bond acceptors (Lipinski definition) is 6. The first-order valence-corrected chi connectivity index (χ1v) is 8.40. The van der Waals surface area contributed by atoms with Gasteiger partial charge in [-0.05, 0) is 13.0 Å². The summed E-state index contributed by atoms with van der Waals surface area (Å²) in [5.41, 5.74) is 0.893. The minimum Gasteiger partial charge on any atom is -0.408 e. The molecule has 9 heteroatoms. The number of rotatable bonds is 5. The van der Waals surface area contributed by atoms with Crippen LogP contribution < -0.4 is 4.90 Å². The molecule has 3 rings (SSSR count). The first kappa shape index (κ1) is 18.1. The number of anilines is 1. The maximum Gasteiger partial charge on any atom is 0.318 e. The molecule has 2 aromatic rings. The number of nitrogens with zero attached hydrogens (tertiary/aromatic N) is 5. The number of alkyl halides is 1. The molecule has 26 heavy (non-hydrogen) atoms. The van der Waals surface area contributed by atoms with Crippen molar-refractivity contribution in [3.63, 3.8) is 0 Å². The first-order valence-electron chi connectivity index (χ1n) is 8.40. The van der Waals surface area contributed by atoms with E-state index in [1.54, 1.807) is 42.7 Å². The zero-order valence-corrected chi connectivity index (χ0v) is 15.3. The second-order valence-corrected chi connectivity index (χ2v) is 6.71. The molecule has 3 heterocycles. The van der Waals surface area contributed by atoms with E-state index < -0.39 is 6.17 Å². The summed E-state index contributed by atoms with van der Waals surface area (Å²) in [6.07, 6.45) is 0.893. The predicted octanol–water partition coefficient (Wildman–Crippen LogP) is 1.61. The van der Waals surface area contributed by atoms with Crippen LogP contribution in [-0.2, 0) is 7.05 Å². The number of likely N-dealkylation sites (N-methyl/N-ethyl adjacent to an activating group) is 1. The fraction of sp³-hybridized carbons (Fsp3) is 0.529. The number of halogens is 1. The van der Waals surface area contributed by atoms with Crippen molar-refractivity contribution in [2.24, 2.45) is 7.05 Å². The smallest absolute Gasteiger partial charge is 0.318 e. The van der Waals surface area contributed by atoms with E-state index in [2.05, 4.69) is 10.2 Å². The van der Waals surface area contributed by atoms with E-state index >= 15 is 0 Å². The lowest BCUT2D eigenvalue weighted by Gasteiger charge is -2.27. The van der Waals surface area contributed by atoms with Crippen LogP contribution in [0.25, 0.3) is 0 Å². The van der Waals surface area contributed by atoms with E-state index in [-0.39, 0.29) is 36.7 Å². The van der Waals surface area contributed by atoms with Crippen molar-refractivity contribution in [3.05, 3.63) is 29.4 Å². The van der Waals surface area contributed by atoms with Gasteiger partial charge in [0.2, 0.25) is 5.89 Å². The van der Waals surface area contributed by atoms with Crippen LogP contribution in [0.15, 0.2) is 16.7 Å². The number of ketones is 1. The van der Waals surface area contributed by atoms with Gasteiger partial charge in [-0.25, -0.2) is 4.39 Å². The number of amides is 1. The second kappa shape index (κ2) is 6.89. The highest BCUT2D eigenvalue weighted by atomic mass is 19.1. The minimum atomic E-state index is -1.02. The van der Waals surface area contributed by atoms with E-state index in [1.165, 1.54) is 11.8 Å². The summed E-state index contributed by atoms with van der Waals surface area (Å²) in [6.45, 7) is 3.60. The van der Waals surface area contributed by atoms with Crippen molar-refractivity contribution in [2.45, 2.75) is 32.5 Å². The topological polar surface area (TPSA) is 84.5 Å². The first-order chi connectivity index (χ1) is 12.3. The molecule has 1 fully saturated rings. The molecule has 1 aliphatic heterocycles. The Kier molecular flexibility index (Phi) is 4.80. The largest absolute Gasteiger partial charge is 0.408 e. The molecule has 1 saturated heterocycles. The number of carbonyl (C=O) groups is 2. The van der Waals surface area contributed by atoms with Gasteiger partial charge in [0.25, 0.3) is 5.91 Å². The Labute approximate surface area is 150 Å². The summed E-state index contributed by atoms with van der Waals surface area (Å²) in [5, 5.41) is 7.74. The van der Waals surface area contributed by atoms with Crippen LogP contribution in [0.4, 0.5) is 10.4 Å². The fourth-order valence-electron chi connectivity index (χ4n) is 3.23. The Morgan fingerprint density at radius 2 is 2.15 bits per heavy atom. The van der Waals surface area contributed by atoms with Crippen molar-refractivity contribution < 1.29 is 18.4 Å². The average Bonchev–Trinajstić information content (AvgIpc) is 3.25. The molecule has 0 saturated carbocycles. The quantitative estimate of drug-likeness (QED) is 0.751. The van der Waals surface area contributed by atoms with Crippen LogP contribution in [0.2, 0.25) is 0 Å². The monoisotopic (exact) mass is 363 g/mol. The summed E-state index contributed by atoms with van der Waals surface area (Å²) in [4.78, 5) is 27.5. The van der Waals surface area contributed by atoms with Gasteiger partial charge in [-0.3, -0.25) is 9.59 Å². The third-order valence-corrected chi connectivity index (χ3v) is 4.59. The van der Waals surface area contributed by atoms with Gasteiger partial charge in [-0.1, -0.05) is 5.10 Å². The molecule has 0 radical (unpaired) electrons. The van der Waals surface area contributed by atoms with Crippen molar-refractivity contribution in [1.29, 1.82) is 0 Å². The summed E-state index contributed by atoms with van der Waals surface area (Å²) < 4.78 is 21.0. The van der Waals surface area contributed by atoms with Crippen LogP contribution in [0.5, 0.6) is 0 Å². The van der Waals surface area contributed by atoms with Gasteiger partial charge < -0.3 is 18.8 Å². The Morgan fingerprint density at radius 3 is 2.73 bits per heavy atom. The molecular formula is C17H22FN5O3. The molecule has 0 aliphatic carbocycles. The normalized spacial score (nSPS) is 19.8. The average molecular weight is 363 g/mol. The molecule has 8 nitrogen and oxygen atoms in total. The standard InChI is InChI=1S/C17H22FN5O3/c1-10(24)12-5-15(21(3)7-12)16(25)22(4)9-14-6-13(18)8-23(14)17-20-19-11(2)26-17/h5,7,13-14H,6,8-9H2,1-4H3/t13-,14-/m0/s1. The van der Waals surface area contributed by atoms with Gasteiger partial charge in [0.15, 0.2) is 5.78 Å². The molecule has 0 spiro atoms. The number of aromatic nitrogens is 3. The van der Waals surface area contributed by atoms with Crippen molar-refractivity contribution >= 4 is 17.7 Å². The number of hydrogen-bond donors (Lipinski definition) is 0. The second-order valence-electron chi connectivity index (χ2n) is 6.71. The Hall–Kier alpha value is -2.71. The molecule has 140 valence electrons. The maximum atomic E-state index is 14.0. The van der Waals surface area contributed by atoms with Gasteiger partial charge in [0.05, 0.1) is 12.6 Å². The molecule has 0 N–H and O–H groups in total. The highest BCUT2D eigenvalue weighted by molar-refractivity contribution is 5.99. The van der Waals surface area contributed by atoms with Crippen molar-refractivity contribution in [3.8, 4) is 0 Å². The lowest BCUT2D eigenvalue weighted by molar-refractivity contribution is 0.0776. The van der Waals surface area contributed by atoms with Crippen LogP contribution >= 0.6 is 0 Å². The fourth-order valence-corrected chi connectivity index (χ4v) is 3.23. The third-order valence-electron chi connectivity index (χ3n) is 4.59. The number of aryl methyl sites for hydroxylation is 2. The van der Waals surface area contributed by atoms with Crippen LogP contribution in [-0.4, -0.2) is 63.7 Å². The van der Waals surface area contributed by atoms with Crippen LogP contribution in [0.1, 0.15) is 40.1 Å². The van der Waals surface area contributed by atoms with Crippen molar-refractivity contribution in [2.75, 3.05) is 25.0 Å².